The molecule has 0 spiro atoms. The van der Waals surface area contributed by atoms with Crippen LogP contribution in [0.1, 0.15) is 23.7 Å². The van der Waals surface area contributed by atoms with Gasteiger partial charge in [-0.25, -0.2) is 5.01 Å². The van der Waals surface area contributed by atoms with Gasteiger partial charge in [0.1, 0.15) is 0 Å². The molecule has 1 amide bonds. The minimum atomic E-state index is -0.0741. The number of aromatic nitrogens is 1. The molecule has 2 rings (SSSR count). The number of rotatable bonds is 1. The van der Waals surface area contributed by atoms with Gasteiger partial charge in [0.15, 0.2) is 0 Å². The van der Waals surface area contributed by atoms with Crippen molar-refractivity contribution in [2.24, 2.45) is 5.10 Å². The van der Waals surface area contributed by atoms with Gasteiger partial charge in [-0.3, -0.25) is 9.78 Å². The van der Waals surface area contributed by atoms with Crippen molar-refractivity contribution in [2.45, 2.75) is 13.3 Å². The molecule has 0 bridgehead atoms. The Morgan fingerprint density at radius 3 is 3.00 bits per heavy atom. The van der Waals surface area contributed by atoms with Gasteiger partial charge in [-0.15, -0.1) is 0 Å². The van der Waals surface area contributed by atoms with Gasteiger partial charge in [-0.05, 0) is 19.1 Å². The first kappa shape index (κ1) is 8.87. The van der Waals surface area contributed by atoms with E-state index in [9.17, 15) is 4.79 Å². The van der Waals surface area contributed by atoms with E-state index in [-0.39, 0.29) is 5.91 Å². The van der Waals surface area contributed by atoms with E-state index >= 15 is 0 Å². The average molecular weight is 189 g/mol. The summed E-state index contributed by atoms with van der Waals surface area (Å²) in [4.78, 5) is 15.7. The van der Waals surface area contributed by atoms with Gasteiger partial charge in [-0.2, -0.15) is 5.10 Å². The largest absolute Gasteiger partial charge is 0.275 e. The smallest absolute Gasteiger partial charge is 0.267 e. The molecule has 0 unspecified atom stereocenters. The lowest BCUT2D eigenvalue weighted by Crippen LogP contribution is -2.23. The van der Waals surface area contributed by atoms with Gasteiger partial charge in [0.05, 0.1) is 12.1 Å². The van der Waals surface area contributed by atoms with Crippen molar-refractivity contribution in [1.29, 1.82) is 0 Å². The van der Waals surface area contributed by atoms with Crippen molar-refractivity contribution in [1.82, 2.24) is 9.99 Å². The number of carbonyl (C=O) groups is 1. The number of amides is 1. The molecule has 1 aromatic heterocycles. The van der Waals surface area contributed by atoms with E-state index < -0.39 is 0 Å². The number of hydrogen-bond donors (Lipinski definition) is 0. The summed E-state index contributed by atoms with van der Waals surface area (Å²) < 4.78 is 0. The highest BCUT2D eigenvalue weighted by Gasteiger charge is 2.19. The first-order chi connectivity index (χ1) is 6.77. The van der Waals surface area contributed by atoms with Crippen molar-refractivity contribution in [3.8, 4) is 0 Å². The third-order valence-electron chi connectivity index (χ3n) is 2.12. The molecule has 0 fully saturated rings. The summed E-state index contributed by atoms with van der Waals surface area (Å²) in [6.45, 7) is 2.61. The Bertz CT molecular complexity index is 372. The minimum Gasteiger partial charge on any atom is -0.267 e. The molecule has 0 saturated heterocycles. The molecule has 2 heterocycles. The molecule has 0 aromatic carbocycles. The second kappa shape index (κ2) is 3.57. The molecule has 72 valence electrons. The fraction of sp³-hybridized carbons (Fsp3) is 0.300. The third kappa shape index (κ3) is 1.64. The van der Waals surface area contributed by atoms with E-state index in [1.54, 1.807) is 24.5 Å². The van der Waals surface area contributed by atoms with Crippen LogP contribution in [0.25, 0.3) is 0 Å². The molecule has 0 radical (unpaired) electrons. The number of pyridine rings is 1. The fourth-order valence-corrected chi connectivity index (χ4v) is 1.36. The number of carbonyl (C=O) groups excluding carboxylic acids is 1. The van der Waals surface area contributed by atoms with Gasteiger partial charge in [0.2, 0.25) is 0 Å². The molecular formula is C10H11N3O. The lowest BCUT2D eigenvalue weighted by molar-refractivity contribution is 0.0778. The normalized spacial score (nSPS) is 15.5. The van der Waals surface area contributed by atoms with Crippen LogP contribution in [0.3, 0.4) is 0 Å². The highest BCUT2D eigenvalue weighted by molar-refractivity contribution is 5.96. The SMILES string of the molecule is CC1=NN(C(=O)c2cccnc2)CC1. The zero-order valence-corrected chi connectivity index (χ0v) is 7.97. The Labute approximate surface area is 82.3 Å². The van der Waals surface area contributed by atoms with Crippen molar-refractivity contribution < 1.29 is 4.79 Å². The van der Waals surface area contributed by atoms with Gasteiger partial charge in [-0.1, -0.05) is 0 Å². The Hall–Kier alpha value is -1.71. The molecular weight excluding hydrogens is 178 g/mol. The van der Waals surface area contributed by atoms with Crippen LogP contribution in [0, 0.1) is 0 Å². The summed E-state index contributed by atoms with van der Waals surface area (Å²) in [5.41, 5.74) is 1.59. The summed E-state index contributed by atoms with van der Waals surface area (Å²) in [6, 6.07) is 3.50. The Kier molecular flexibility index (Phi) is 2.26. The number of hydrogen-bond acceptors (Lipinski definition) is 3. The zero-order valence-electron chi connectivity index (χ0n) is 7.97. The van der Waals surface area contributed by atoms with Crippen LogP contribution >= 0.6 is 0 Å². The molecule has 0 saturated carbocycles. The van der Waals surface area contributed by atoms with E-state index in [4.69, 9.17) is 0 Å². The predicted octanol–water partition coefficient (Wildman–Crippen LogP) is 1.30. The molecule has 1 aromatic rings. The molecule has 0 atom stereocenters. The highest BCUT2D eigenvalue weighted by atomic mass is 16.2. The van der Waals surface area contributed by atoms with Crippen molar-refractivity contribution >= 4 is 11.6 Å². The van der Waals surface area contributed by atoms with Crippen molar-refractivity contribution in [3.05, 3.63) is 30.1 Å². The number of nitrogens with zero attached hydrogens (tertiary/aromatic N) is 3. The Morgan fingerprint density at radius 2 is 2.43 bits per heavy atom. The molecule has 1 aliphatic heterocycles. The topological polar surface area (TPSA) is 45.6 Å². The third-order valence-corrected chi connectivity index (χ3v) is 2.12. The fourth-order valence-electron chi connectivity index (χ4n) is 1.36. The van der Waals surface area contributed by atoms with Crippen LogP contribution in [0.2, 0.25) is 0 Å². The van der Waals surface area contributed by atoms with Crippen molar-refractivity contribution in [3.63, 3.8) is 0 Å². The highest BCUT2D eigenvalue weighted by Crippen LogP contribution is 2.10. The van der Waals surface area contributed by atoms with E-state index in [1.165, 1.54) is 5.01 Å². The maximum atomic E-state index is 11.8. The number of hydrazone groups is 1. The molecule has 0 N–H and O–H groups in total. The molecule has 4 nitrogen and oxygen atoms in total. The summed E-state index contributed by atoms with van der Waals surface area (Å²) in [6.07, 6.45) is 4.08. The zero-order chi connectivity index (χ0) is 9.97. The van der Waals surface area contributed by atoms with Crippen LogP contribution < -0.4 is 0 Å². The van der Waals surface area contributed by atoms with E-state index in [2.05, 4.69) is 10.1 Å². The minimum absolute atomic E-state index is 0.0741. The van der Waals surface area contributed by atoms with Gasteiger partial charge >= 0.3 is 0 Å². The molecule has 0 aliphatic carbocycles. The Balaban J connectivity index is 2.18. The summed E-state index contributed by atoms with van der Waals surface area (Å²) in [5, 5.41) is 5.63. The summed E-state index contributed by atoms with van der Waals surface area (Å²) in [7, 11) is 0. The maximum absolute atomic E-state index is 11.8. The van der Waals surface area contributed by atoms with Crippen LogP contribution in [0.4, 0.5) is 0 Å². The van der Waals surface area contributed by atoms with Crippen LogP contribution in [-0.2, 0) is 0 Å². The van der Waals surface area contributed by atoms with Crippen LogP contribution in [0.5, 0.6) is 0 Å². The average Bonchev–Trinajstić information content (AvgIpc) is 2.65. The lowest BCUT2D eigenvalue weighted by Gasteiger charge is -2.10. The summed E-state index contributed by atoms with van der Waals surface area (Å²) >= 11 is 0. The lowest BCUT2D eigenvalue weighted by atomic mass is 10.2. The maximum Gasteiger partial charge on any atom is 0.275 e. The van der Waals surface area contributed by atoms with Gasteiger partial charge in [0, 0.05) is 24.5 Å². The van der Waals surface area contributed by atoms with Gasteiger partial charge in [0.25, 0.3) is 5.91 Å². The van der Waals surface area contributed by atoms with Crippen LogP contribution in [-0.4, -0.2) is 28.2 Å². The Morgan fingerprint density at radius 1 is 1.57 bits per heavy atom. The van der Waals surface area contributed by atoms with E-state index in [1.807, 2.05) is 6.92 Å². The first-order valence-corrected chi connectivity index (χ1v) is 4.53. The second-order valence-electron chi connectivity index (χ2n) is 3.26. The van der Waals surface area contributed by atoms with Gasteiger partial charge < -0.3 is 0 Å². The monoisotopic (exact) mass is 189 g/mol. The predicted molar refractivity (Wildman–Crippen MR) is 53.0 cm³/mol. The summed E-state index contributed by atoms with van der Waals surface area (Å²) in [5.74, 6) is -0.0741. The van der Waals surface area contributed by atoms with E-state index in [0.29, 0.717) is 12.1 Å². The molecule has 14 heavy (non-hydrogen) atoms. The van der Waals surface area contributed by atoms with Crippen molar-refractivity contribution in [2.75, 3.05) is 6.54 Å². The quantitative estimate of drug-likeness (QED) is 0.668. The standard InChI is InChI=1S/C10H11N3O/c1-8-4-6-13(12-8)10(14)9-3-2-5-11-7-9/h2-3,5,7H,4,6H2,1H3. The second-order valence-corrected chi connectivity index (χ2v) is 3.26. The molecule has 4 heteroatoms. The first-order valence-electron chi connectivity index (χ1n) is 4.53. The molecule has 1 aliphatic rings. The van der Waals surface area contributed by atoms with Crippen LogP contribution in [0.15, 0.2) is 29.6 Å². The van der Waals surface area contributed by atoms with E-state index in [0.717, 1.165) is 12.1 Å².